The third-order valence-corrected chi connectivity index (χ3v) is 3.19. The van der Waals surface area contributed by atoms with E-state index in [0.717, 1.165) is 6.92 Å². The minimum atomic E-state index is -7.56. The first-order valence-corrected chi connectivity index (χ1v) is 6.34. The van der Waals surface area contributed by atoms with Crippen LogP contribution in [0.25, 0.3) is 0 Å². The highest BCUT2D eigenvalue weighted by Crippen LogP contribution is 2.58. The Morgan fingerprint density at radius 1 is 0.885 bits per heavy atom. The second kappa shape index (κ2) is 7.18. The maximum absolute atomic E-state index is 13.3. The van der Waals surface area contributed by atoms with Gasteiger partial charge in [-0.25, -0.2) is 13.6 Å². The van der Waals surface area contributed by atoms with Crippen LogP contribution < -0.4 is 0 Å². The zero-order chi connectivity index (χ0) is 21.4. The van der Waals surface area contributed by atoms with E-state index >= 15 is 0 Å². The van der Waals surface area contributed by atoms with Crippen LogP contribution in [0.1, 0.15) is 19.8 Å². The second-order valence-electron chi connectivity index (χ2n) is 5.08. The quantitative estimate of drug-likeness (QED) is 0.414. The number of aliphatic carboxylic acids is 1. The Balaban J connectivity index is 5.81. The summed E-state index contributed by atoms with van der Waals surface area (Å²) >= 11 is 0. The Labute approximate surface area is 137 Å². The van der Waals surface area contributed by atoms with Crippen LogP contribution in [-0.4, -0.2) is 47.1 Å². The molecule has 0 radical (unpaired) electrons. The van der Waals surface area contributed by atoms with E-state index in [2.05, 4.69) is 0 Å². The number of alkyl halides is 12. The summed E-state index contributed by atoms with van der Waals surface area (Å²) in [5, 5.41) is 8.37. The van der Waals surface area contributed by atoms with Crippen LogP contribution in [0, 0.1) is 0 Å². The van der Waals surface area contributed by atoms with Crippen molar-refractivity contribution in [2.24, 2.45) is 0 Å². The zero-order valence-electron chi connectivity index (χ0n) is 12.5. The van der Waals surface area contributed by atoms with Gasteiger partial charge in [-0.3, -0.25) is 0 Å². The molecule has 0 heterocycles. The molecule has 0 aliphatic rings. The number of allylic oxidation sites excluding steroid dienone is 1. The SMILES string of the molecule is CC(=CCCC(F)(F)C(F)(F)C(F)(F)C(F)(F)C(F)(F)C(F)F)C(=O)O. The van der Waals surface area contributed by atoms with E-state index in [-0.39, 0.29) is 0 Å². The lowest BCUT2D eigenvalue weighted by Gasteiger charge is -2.39. The van der Waals surface area contributed by atoms with Crippen LogP contribution in [0.3, 0.4) is 0 Å². The van der Waals surface area contributed by atoms with E-state index in [9.17, 15) is 57.5 Å². The van der Waals surface area contributed by atoms with Gasteiger partial charge in [0.1, 0.15) is 0 Å². The summed E-state index contributed by atoms with van der Waals surface area (Å²) < 4.78 is 154. The highest BCUT2D eigenvalue weighted by atomic mass is 19.4. The van der Waals surface area contributed by atoms with Gasteiger partial charge in [-0.2, -0.15) is 43.9 Å². The first kappa shape index (κ1) is 24.4. The third-order valence-electron chi connectivity index (χ3n) is 3.19. The van der Waals surface area contributed by atoms with Crippen molar-refractivity contribution in [1.29, 1.82) is 0 Å². The Hall–Kier alpha value is -1.63. The van der Waals surface area contributed by atoms with Crippen molar-refractivity contribution < 1.29 is 62.6 Å². The lowest BCUT2D eigenvalue weighted by atomic mass is 9.92. The van der Waals surface area contributed by atoms with E-state index < -0.39 is 60.4 Å². The van der Waals surface area contributed by atoms with Gasteiger partial charge in [0.2, 0.25) is 0 Å². The van der Waals surface area contributed by atoms with Crippen molar-refractivity contribution >= 4 is 5.97 Å². The molecule has 2 nitrogen and oxygen atoms in total. The maximum atomic E-state index is 13.3. The first-order chi connectivity index (χ1) is 11.3. The molecule has 0 aromatic heterocycles. The average molecular weight is 414 g/mol. The molecular weight excluding hydrogens is 404 g/mol. The van der Waals surface area contributed by atoms with E-state index in [1.54, 1.807) is 0 Å². The summed E-state index contributed by atoms with van der Waals surface area (Å²) in [6, 6.07) is 0. The number of carbonyl (C=O) groups is 1. The minimum Gasteiger partial charge on any atom is -0.478 e. The predicted molar refractivity (Wildman–Crippen MR) is 61.4 cm³/mol. The molecule has 0 bridgehead atoms. The van der Waals surface area contributed by atoms with Crippen LogP contribution in [0.4, 0.5) is 52.7 Å². The van der Waals surface area contributed by atoms with E-state index in [1.807, 2.05) is 0 Å². The van der Waals surface area contributed by atoms with Crippen LogP contribution in [0.2, 0.25) is 0 Å². The standard InChI is InChI=1S/C12H10F12O2/c1-5(6(25)26)3-2-4-8(15,16)10(19,20)12(23,24)11(21,22)9(17,18)7(13)14/h3,7H,2,4H2,1H3,(H,25,26). The van der Waals surface area contributed by atoms with Gasteiger partial charge in [0, 0.05) is 12.0 Å². The molecule has 0 saturated heterocycles. The van der Waals surface area contributed by atoms with Gasteiger partial charge < -0.3 is 5.11 Å². The molecule has 0 fully saturated rings. The predicted octanol–water partition coefficient (Wildman–Crippen LogP) is 5.24. The summed E-state index contributed by atoms with van der Waals surface area (Å²) in [4.78, 5) is 10.3. The number of halogens is 12. The average Bonchev–Trinajstić information content (AvgIpc) is 2.45. The van der Waals surface area contributed by atoms with Crippen molar-refractivity contribution in [3.05, 3.63) is 11.6 Å². The maximum Gasteiger partial charge on any atom is 0.384 e. The van der Waals surface area contributed by atoms with E-state index in [0.29, 0.717) is 6.08 Å². The highest BCUT2D eigenvalue weighted by Gasteiger charge is 2.87. The molecule has 0 aromatic carbocycles. The molecule has 0 atom stereocenters. The van der Waals surface area contributed by atoms with Crippen molar-refractivity contribution in [3.63, 3.8) is 0 Å². The molecule has 1 N–H and O–H groups in total. The van der Waals surface area contributed by atoms with E-state index in [1.165, 1.54) is 0 Å². The molecular formula is C12H10F12O2. The topological polar surface area (TPSA) is 37.3 Å². The first-order valence-electron chi connectivity index (χ1n) is 6.34. The molecule has 0 saturated carbocycles. The van der Waals surface area contributed by atoms with Gasteiger partial charge in [0.15, 0.2) is 0 Å². The van der Waals surface area contributed by atoms with Gasteiger partial charge in [0.25, 0.3) is 0 Å². The van der Waals surface area contributed by atoms with Gasteiger partial charge in [0.05, 0.1) is 0 Å². The molecule has 154 valence electrons. The van der Waals surface area contributed by atoms with Crippen molar-refractivity contribution in [2.75, 3.05) is 0 Å². The second-order valence-corrected chi connectivity index (χ2v) is 5.08. The summed E-state index contributed by atoms with van der Waals surface area (Å²) in [6.45, 7) is 0.796. The minimum absolute atomic E-state index is 0.358. The lowest BCUT2D eigenvalue weighted by Crippen LogP contribution is -2.68. The smallest absolute Gasteiger partial charge is 0.384 e. The molecule has 0 aliphatic carbocycles. The summed E-state index contributed by atoms with van der Waals surface area (Å²) in [7, 11) is 0. The number of rotatable bonds is 9. The third kappa shape index (κ3) is 3.87. The van der Waals surface area contributed by atoms with Crippen molar-refractivity contribution in [2.45, 2.75) is 55.8 Å². The largest absolute Gasteiger partial charge is 0.478 e. The zero-order valence-corrected chi connectivity index (χ0v) is 12.5. The Morgan fingerprint density at radius 2 is 1.31 bits per heavy atom. The number of hydrogen-bond acceptors (Lipinski definition) is 1. The lowest BCUT2D eigenvalue weighted by molar-refractivity contribution is -0.413. The molecule has 0 amide bonds. The molecule has 0 aromatic rings. The summed E-state index contributed by atoms with van der Waals surface area (Å²) in [6.07, 6.45) is -8.88. The van der Waals surface area contributed by atoms with Crippen LogP contribution in [-0.2, 0) is 4.79 Å². The van der Waals surface area contributed by atoms with Crippen LogP contribution in [0.5, 0.6) is 0 Å². The van der Waals surface area contributed by atoms with Crippen LogP contribution in [0.15, 0.2) is 11.6 Å². The Bertz CT molecular complexity index is 552. The fraction of sp³-hybridized carbons (Fsp3) is 0.750. The van der Waals surface area contributed by atoms with Gasteiger partial charge in [-0.05, 0) is 13.3 Å². The summed E-state index contributed by atoms with van der Waals surface area (Å²) in [5.41, 5.74) is -0.689. The molecule has 0 rings (SSSR count). The monoisotopic (exact) mass is 414 g/mol. The molecule has 0 aliphatic heterocycles. The van der Waals surface area contributed by atoms with Crippen molar-refractivity contribution in [3.8, 4) is 0 Å². The fourth-order valence-corrected chi connectivity index (χ4v) is 1.49. The Kier molecular flexibility index (Phi) is 6.73. The van der Waals surface area contributed by atoms with Crippen LogP contribution >= 0.6 is 0 Å². The Morgan fingerprint density at radius 3 is 1.65 bits per heavy atom. The number of carboxylic acid groups (broad SMARTS) is 1. The van der Waals surface area contributed by atoms with Crippen molar-refractivity contribution in [1.82, 2.24) is 0 Å². The van der Waals surface area contributed by atoms with Gasteiger partial charge >= 0.3 is 42.0 Å². The number of carboxylic acids is 1. The highest BCUT2D eigenvalue weighted by molar-refractivity contribution is 5.85. The molecule has 26 heavy (non-hydrogen) atoms. The molecule has 14 heteroatoms. The number of hydrogen-bond donors (Lipinski definition) is 1. The molecule has 0 spiro atoms. The molecule has 0 unspecified atom stereocenters. The summed E-state index contributed by atoms with van der Waals surface area (Å²) in [5.74, 6) is -37.0. The van der Waals surface area contributed by atoms with Gasteiger partial charge in [-0.15, -0.1) is 0 Å². The fourth-order valence-electron chi connectivity index (χ4n) is 1.49. The van der Waals surface area contributed by atoms with E-state index in [4.69, 9.17) is 5.11 Å². The van der Waals surface area contributed by atoms with Gasteiger partial charge in [-0.1, -0.05) is 6.08 Å². The normalized spacial score (nSPS) is 15.5.